The summed E-state index contributed by atoms with van der Waals surface area (Å²) in [6.07, 6.45) is 0.692. The zero-order valence-corrected chi connectivity index (χ0v) is 11.4. The Balaban J connectivity index is 2.36. The number of hydrogen-bond donors (Lipinski definition) is 0. The van der Waals surface area contributed by atoms with Crippen molar-refractivity contribution in [2.45, 2.75) is 40.2 Å². The highest BCUT2D eigenvalue weighted by molar-refractivity contribution is 5.83. The summed E-state index contributed by atoms with van der Waals surface area (Å²) >= 11 is 0. The Hall–Kier alpha value is -0.410. The van der Waals surface area contributed by atoms with Gasteiger partial charge in [-0.15, -0.1) is 0 Å². The van der Waals surface area contributed by atoms with Gasteiger partial charge >= 0.3 is 0 Å². The zero-order chi connectivity index (χ0) is 12.3. The molecule has 0 spiro atoms. The normalized spacial score (nSPS) is 24.7. The van der Waals surface area contributed by atoms with Crippen LogP contribution in [0.4, 0.5) is 0 Å². The third-order valence-corrected chi connectivity index (χ3v) is 3.43. The number of piperazine rings is 1. The highest BCUT2D eigenvalue weighted by atomic mass is 16.1. The third kappa shape index (κ3) is 3.87. The minimum absolute atomic E-state index is 0.185. The highest BCUT2D eigenvalue weighted by Gasteiger charge is 2.25. The van der Waals surface area contributed by atoms with E-state index >= 15 is 0 Å². The molecule has 16 heavy (non-hydrogen) atoms. The molecule has 0 bridgehead atoms. The molecule has 1 fully saturated rings. The topological polar surface area (TPSA) is 23.6 Å². The van der Waals surface area contributed by atoms with Crippen LogP contribution in [0.5, 0.6) is 0 Å². The lowest BCUT2D eigenvalue weighted by atomic mass is 9.89. The first-order chi connectivity index (χ1) is 7.30. The van der Waals surface area contributed by atoms with Crippen LogP contribution in [0.15, 0.2) is 0 Å². The fourth-order valence-electron chi connectivity index (χ4n) is 2.13. The van der Waals surface area contributed by atoms with Crippen LogP contribution in [0, 0.1) is 5.41 Å². The molecule has 0 amide bonds. The van der Waals surface area contributed by atoms with Crippen molar-refractivity contribution in [3.8, 4) is 0 Å². The van der Waals surface area contributed by atoms with E-state index in [1.54, 1.807) is 0 Å². The van der Waals surface area contributed by atoms with Crippen molar-refractivity contribution >= 4 is 5.78 Å². The summed E-state index contributed by atoms with van der Waals surface area (Å²) in [6.45, 7) is 12.5. The molecular weight excluding hydrogens is 200 g/mol. The van der Waals surface area contributed by atoms with E-state index in [0.717, 1.165) is 26.2 Å². The van der Waals surface area contributed by atoms with Crippen LogP contribution in [0.2, 0.25) is 0 Å². The number of carbonyl (C=O) groups excluding carboxylic acids is 1. The van der Waals surface area contributed by atoms with Crippen LogP contribution >= 0.6 is 0 Å². The Kier molecular flexibility index (Phi) is 4.51. The average Bonchev–Trinajstić information content (AvgIpc) is 2.14. The largest absolute Gasteiger partial charge is 0.304 e. The molecule has 0 aliphatic carbocycles. The standard InChI is InChI=1S/C13H26N2O/c1-11-10-14(5)8-9-15(11)7-6-12(16)13(2,3)4/h11H,6-10H2,1-5H3. The number of ketones is 1. The van der Waals surface area contributed by atoms with Crippen molar-refractivity contribution in [3.63, 3.8) is 0 Å². The maximum Gasteiger partial charge on any atom is 0.139 e. The Labute approximate surface area is 99.8 Å². The van der Waals surface area contributed by atoms with Crippen molar-refractivity contribution in [1.82, 2.24) is 9.80 Å². The molecule has 0 aromatic carbocycles. The number of Topliss-reactive ketones (excluding diaryl/α,β-unsaturated/α-hetero) is 1. The van der Waals surface area contributed by atoms with E-state index < -0.39 is 0 Å². The smallest absolute Gasteiger partial charge is 0.139 e. The predicted octanol–water partition coefficient (Wildman–Crippen LogP) is 1.63. The zero-order valence-electron chi connectivity index (χ0n) is 11.4. The molecule has 94 valence electrons. The second-order valence-corrected chi connectivity index (χ2v) is 6.07. The molecule has 1 saturated heterocycles. The Bertz CT molecular complexity index is 245. The van der Waals surface area contributed by atoms with Gasteiger partial charge in [0.25, 0.3) is 0 Å². The first-order valence-electron chi connectivity index (χ1n) is 6.26. The first kappa shape index (κ1) is 13.7. The van der Waals surface area contributed by atoms with E-state index in [0.29, 0.717) is 18.2 Å². The fourth-order valence-corrected chi connectivity index (χ4v) is 2.13. The van der Waals surface area contributed by atoms with Crippen molar-refractivity contribution in [3.05, 3.63) is 0 Å². The molecule has 0 aromatic rings. The Morgan fingerprint density at radius 2 is 1.94 bits per heavy atom. The maximum absolute atomic E-state index is 11.8. The van der Waals surface area contributed by atoms with Crippen LogP contribution in [0.3, 0.4) is 0 Å². The minimum Gasteiger partial charge on any atom is -0.304 e. The lowest BCUT2D eigenvalue weighted by Crippen LogP contribution is -2.51. The summed E-state index contributed by atoms with van der Waals surface area (Å²) < 4.78 is 0. The third-order valence-electron chi connectivity index (χ3n) is 3.43. The number of nitrogens with zero attached hydrogens (tertiary/aromatic N) is 2. The quantitative estimate of drug-likeness (QED) is 0.731. The van der Waals surface area contributed by atoms with Gasteiger partial charge < -0.3 is 4.90 Å². The molecule has 0 aromatic heterocycles. The van der Waals surface area contributed by atoms with E-state index in [1.165, 1.54) is 0 Å². The SMILES string of the molecule is CC1CN(C)CCN1CCC(=O)C(C)(C)C. The van der Waals surface area contributed by atoms with Gasteiger partial charge in [0.2, 0.25) is 0 Å². The van der Waals surface area contributed by atoms with Gasteiger partial charge in [-0.2, -0.15) is 0 Å². The average molecular weight is 226 g/mol. The summed E-state index contributed by atoms with van der Waals surface area (Å²) in [5.74, 6) is 0.374. The molecule has 0 N–H and O–H groups in total. The predicted molar refractivity (Wildman–Crippen MR) is 67.6 cm³/mol. The monoisotopic (exact) mass is 226 g/mol. The summed E-state index contributed by atoms with van der Waals surface area (Å²) in [5.41, 5.74) is -0.185. The van der Waals surface area contributed by atoms with Crippen LogP contribution in [-0.2, 0) is 4.79 Å². The Morgan fingerprint density at radius 3 is 2.44 bits per heavy atom. The van der Waals surface area contributed by atoms with Gasteiger partial charge in [-0.3, -0.25) is 9.69 Å². The number of carbonyl (C=O) groups is 1. The van der Waals surface area contributed by atoms with Crippen LogP contribution < -0.4 is 0 Å². The van der Waals surface area contributed by atoms with E-state index in [-0.39, 0.29) is 5.41 Å². The molecule has 1 rings (SSSR count). The molecule has 1 atom stereocenters. The lowest BCUT2D eigenvalue weighted by Gasteiger charge is -2.38. The second kappa shape index (κ2) is 5.28. The van der Waals surface area contributed by atoms with E-state index in [4.69, 9.17) is 0 Å². The summed E-state index contributed by atoms with van der Waals surface area (Å²) in [7, 11) is 2.16. The fraction of sp³-hybridized carbons (Fsp3) is 0.923. The summed E-state index contributed by atoms with van der Waals surface area (Å²) in [5, 5.41) is 0. The molecule has 0 radical (unpaired) electrons. The van der Waals surface area contributed by atoms with Crippen molar-refractivity contribution in [1.29, 1.82) is 0 Å². The van der Waals surface area contributed by atoms with Crippen molar-refractivity contribution < 1.29 is 4.79 Å². The van der Waals surface area contributed by atoms with E-state index in [1.807, 2.05) is 20.8 Å². The summed E-state index contributed by atoms with van der Waals surface area (Å²) in [6, 6.07) is 0.575. The molecule has 0 saturated carbocycles. The van der Waals surface area contributed by atoms with Gasteiger partial charge in [0.1, 0.15) is 5.78 Å². The van der Waals surface area contributed by atoms with Gasteiger partial charge in [0, 0.05) is 44.1 Å². The van der Waals surface area contributed by atoms with E-state index in [2.05, 4.69) is 23.8 Å². The molecular formula is C13H26N2O. The maximum atomic E-state index is 11.8. The highest BCUT2D eigenvalue weighted by Crippen LogP contribution is 2.17. The van der Waals surface area contributed by atoms with Gasteiger partial charge in [0.15, 0.2) is 0 Å². The van der Waals surface area contributed by atoms with Crippen molar-refractivity contribution in [2.24, 2.45) is 5.41 Å². The van der Waals surface area contributed by atoms with E-state index in [9.17, 15) is 4.79 Å². The minimum atomic E-state index is -0.185. The number of likely N-dealkylation sites (N-methyl/N-ethyl adjacent to an activating group) is 1. The first-order valence-corrected chi connectivity index (χ1v) is 6.26. The van der Waals surface area contributed by atoms with Gasteiger partial charge in [-0.1, -0.05) is 20.8 Å². The Morgan fingerprint density at radius 1 is 1.31 bits per heavy atom. The molecule has 3 nitrogen and oxygen atoms in total. The lowest BCUT2D eigenvalue weighted by molar-refractivity contribution is -0.126. The van der Waals surface area contributed by atoms with Crippen LogP contribution in [0.25, 0.3) is 0 Å². The number of rotatable bonds is 3. The van der Waals surface area contributed by atoms with Gasteiger partial charge in [-0.25, -0.2) is 0 Å². The molecule has 1 aliphatic rings. The summed E-state index contributed by atoms with van der Waals surface area (Å²) in [4.78, 5) is 16.6. The van der Waals surface area contributed by atoms with Crippen LogP contribution in [-0.4, -0.2) is 54.9 Å². The van der Waals surface area contributed by atoms with Gasteiger partial charge in [0.05, 0.1) is 0 Å². The molecule has 1 heterocycles. The molecule has 1 aliphatic heterocycles. The number of hydrogen-bond acceptors (Lipinski definition) is 3. The molecule has 3 heteroatoms. The molecule has 1 unspecified atom stereocenters. The van der Waals surface area contributed by atoms with Crippen LogP contribution in [0.1, 0.15) is 34.1 Å². The van der Waals surface area contributed by atoms with Crippen molar-refractivity contribution in [2.75, 3.05) is 33.2 Å². The van der Waals surface area contributed by atoms with Gasteiger partial charge in [-0.05, 0) is 14.0 Å². The second-order valence-electron chi connectivity index (χ2n) is 6.07.